The van der Waals surface area contributed by atoms with Crippen molar-refractivity contribution in [3.8, 4) is 0 Å². The van der Waals surface area contributed by atoms with E-state index < -0.39 is 28.8 Å². The van der Waals surface area contributed by atoms with Gasteiger partial charge in [-0.05, 0) is 42.5 Å². The molecule has 0 radical (unpaired) electrons. The minimum Gasteiger partial charge on any atom is -0.350 e. The molecule has 0 saturated heterocycles. The molecule has 1 heterocycles. The average molecular weight is 518 g/mol. The standard InChI is InChI=1S/C24H22BrF2N3O3/c25-17-9-10-20(19(26)11-17)28-22-18(23(31)29-33-14-16-7-4-8-16)13-30(24(32)21(22)27)12-15-5-2-1-3-6-15/h1-3,5-6,9-11,13,16,28H,4,7-8,12,14H2,(H,29,31). The Balaban J connectivity index is 1.68. The van der Waals surface area contributed by atoms with Crippen molar-refractivity contribution in [2.75, 3.05) is 11.9 Å². The third-order valence-electron chi connectivity index (χ3n) is 5.56. The second kappa shape index (κ2) is 10.3. The first kappa shape index (κ1) is 23.1. The van der Waals surface area contributed by atoms with Crippen LogP contribution in [-0.4, -0.2) is 17.1 Å². The number of carbonyl (C=O) groups excluding carboxylic acids is 1. The van der Waals surface area contributed by atoms with Gasteiger partial charge in [0, 0.05) is 10.7 Å². The molecule has 0 atom stereocenters. The van der Waals surface area contributed by atoms with Crippen LogP contribution in [0.15, 0.2) is 64.0 Å². The highest BCUT2D eigenvalue weighted by Crippen LogP contribution is 2.28. The summed E-state index contributed by atoms with van der Waals surface area (Å²) in [6, 6.07) is 13.1. The normalized spacial score (nSPS) is 13.4. The summed E-state index contributed by atoms with van der Waals surface area (Å²) in [5, 5.41) is 2.57. The number of aromatic nitrogens is 1. The molecule has 172 valence electrons. The number of carbonyl (C=O) groups is 1. The van der Waals surface area contributed by atoms with E-state index in [0.29, 0.717) is 17.0 Å². The summed E-state index contributed by atoms with van der Waals surface area (Å²) in [6.07, 6.45) is 4.44. The molecule has 6 nitrogen and oxygen atoms in total. The predicted molar refractivity (Wildman–Crippen MR) is 124 cm³/mol. The first-order valence-corrected chi connectivity index (χ1v) is 11.3. The molecule has 1 aliphatic rings. The second-order valence-corrected chi connectivity index (χ2v) is 8.85. The van der Waals surface area contributed by atoms with Crippen molar-refractivity contribution in [2.24, 2.45) is 5.92 Å². The summed E-state index contributed by atoms with van der Waals surface area (Å²) in [4.78, 5) is 30.9. The van der Waals surface area contributed by atoms with E-state index in [2.05, 4.69) is 26.7 Å². The molecule has 1 saturated carbocycles. The number of nitrogens with zero attached hydrogens (tertiary/aromatic N) is 1. The van der Waals surface area contributed by atoms with Gasteiger partial charge in [-0.3, -0.25) is 14.4 Å². The fraction of sp³-hybridized carbons (Fsp3) is 0.250. The molecule has 3 aromatic rings. The third-order valence-corrected chi connectivity index (χ3v) is 6.06. The molecule has 1 amide bonds. The summed E-state index contributed by atoms with van der Waals surface area (Å²) in [6.45, 7) is 0.411. The van der Waals surface area contributed by atoms with Gasteiger partial charge < -0.3 is 9.88 Å². The smallest absolute Gasteiger partial charge is 0.289 e. The van der Waals surface area contributed by atoms with Gasteiger partial charge in [-0.15, -0.1) is 0 Å². The van der Waals surface area contributed by atoms with E-state index in [9.17, 15) is 14.0 Å². The SMILES string of the molecule is O=C(NOCC1CCC1)c1cn(Cc2ccccc2)c(=O)c(F)c1Nc1ccc(Br)cc1F. The maximum absolute atomic E-state index is 15.2. The fourth-order valence-electron chi connectivity index (χ4n) is 3.49. The number of benzene rings is 2. The number of halogens is 3. The van der Waals surface area contributed by atoms with Crippen LogP contribution < -0.4 is 16.4 Å². The molecular formula is C24H22BrF2N3O3. The predicted octanol–water partition coefficient (Wildman–Crippen LogP) is 5.14. The molecule has 2 N–H and O–H groups in total. The molecule has 0 spiro atoms. The lowest BCUT2D eigenvalue weighted by Crippen LogP contribution is -2.32. The number of pyridine rings is 1. The average Bonchev–Trinajstić information content (AvgIpc) is 2.77. The quantitative estimate of drug-likeness (QED) is 0.405. The number of amides is 1. The molecule has 1 aliphatic carbocycles. The number of hydrogen-bond acceptors (Lipinski definition) is 4. The molecule has 2 aromatic carbocycles. The van der Waals surface area contributed by atoms with Gasteiger partial charge in [-0.2, -0.15) is 4.39 Å². The van der Waals surface area contributed by atoms with E-state index in [1.54, 1.807) is 30.3 Å². The lowest BCUT2D eigenvalue weighted by molar-refractivity contribution is 0.00317. The number of hydroxylamine groups is 1. The van der Waals surface area contributed by atoms with Crippen LogP contribution in [0.5, 0.6) is 0 Å². The van der Waals surface area contributed by atoms with Crippen LogP contribution in [-0.2, 0) is 11.4 Å². The van der Waals surface area contributed by atoms with Gasteiger partial charge in [0.25, 0.3) is 11.5 Å². The van der Waals surface area contributed by atoms with E-state index in [1.165, 1.54) is 18.3 Å². The molecule has 9 heteroatoms. The van der Waals surface area contributed by atoms with Crippen LogP contribution in [0, 0.1) is 17.6 Å². The van der Waals surface area contributed by atoms with Gasteiger partial charge >= 0.3 is 0 Å². The van der Waals surface area contributed by atoms with Crippen LogP contribution in [0.4, 0.5) is 20.2 Å². The van der Waals surface area contributed by atoms with Crippen molar-refractivity contribution in [1.82, 2.24) is 10.0 Å². The van der Waals surface area contributed by atoms with Crippen molar-refractivity contribution in [2.45, 2.75) is 25.8 Å². The zero-order valence-corrected chi connectivity index (χ0v) is 19.2. The van der Waals surface area contributed by atoms with Crippen LogP contribution in [0.25, 0.3) is 0 Å². The third kappa shape index (κ3) is 5.48. The molecule has 0 unspecified atom stereocenters. The summed E-state index contributed by atoms with van der Waals surface area (Å²) < 4.78 is 31.2. The Morgan fingerprint density at radius 1 is 1.15 bits per heavy atom. The molecule has 4 rings (SSSR count). The molecule has 1 aromatic heterocycles. The lowest BCUT2D eigenvalue weighted by Gasteiger charge is -2.24. The number of rotatable bonds is 8. The van der Waals surface area contributed by atoms with E-state index in [0.717, 1.165) is 29.4 Å². The maximum Gasteiger partial charge on any atom is 0.289 e. The Hall–Kier alpha value is -3.04. The Bertz CT molecular complexity index is 1210. The van der Waals surface area contributed by atoms with Crippen molar-refractivity contribution in [3.05, 3.63) is 92.3 Å². The maximum atomic E-state index is 15.2. The fourth-order valence-corrected chi connectivity index (χ4v) is 3.82. The Morgan fingerprint density at radius 2 is 1.91 bits per heavy atom. The van der Waals surface area contributed by atoms with Gasteiger partial charge in [-0.1, -0.05) is 52.7 Å². The van der Waals surface area contributed by atoms with Gasteiger partial charge in [0.15, 0.2) is 0 Å². The number of nitrogens with one attached hydrogen (secondary N) is 2. The van der Waals surface area contributed by atoms with E-state index in [-0.39, 0.29) is 17.8 Å². The van der Waals surface area contributed by atoms with Gasteiger partial charge in [0.2, 0.25) is 5.82 Å². The first-order valence-electron chi connectivity index (χ1n) is 10.5. The zero-order chi connectivity index (χ0) is 23.4. The van der Waals surface area contributed by atoms with Crippen molar-refractivity contribution in [3.63, 3.8) is 0 Å². The van der Waals surface area contributed by atoms with Crippen molar-refractivity contribution >= 4 is 33.2 Å². The molecule has 0 aliphatic heterocycles. The second-order valence-electron chi connectivity index (χ2n) is 7.94. The highest BCUT2D eigenvalue weighted by Gasteiger charge is 2.23. The molecule has 33 heavy (non-hydrogen) atoms. The van der Waals surface area contributed by atoms with Crippen molar-refractivity contribution < 1.29 is 18.4 Å². The Kier molecular flexibility index (Phi) is 7.20. The van der Waals surface area contributed by atoms with Crippen LogP contribution in [0.2, 0.25) is 0 Å². The Labute approximate surface area is 197 Å². The van der Waals surface area contributed by atoms with Crippen LogP contribution >= 0.6 is 15.9 Å². The van der Waals surface area contributed by atoms with Crippen LogP contribution in [0.3, 0.4) is 0 Å². The lowest BCUT2D eigenvalue weighted by atomic mass is 9.86. The minimum absolute atomic E-state index is 0.0622. The summed E-state index contributed by atoms with van der Waals surface area (Å²) in [7, 11) is 0. The zero-order valence-electron chi connectivity index (χ0n) is 17.6. The minimum atomic E-state index is -1.19. The van der Waals surface area contributed by atoms with Gasteiger partial charge in [0.1, 0.15) is 5.82 Å². The van der Waals surface area contributed by atoms with Crippen molar-refractivity contribution in [1.29, 1.82) is 0 Å². The largest absolute Gasteiger partial charge is 0.350 e. The monoisotopic (exact) mass is 517 g/mol. The molecular weight excluding hydrogens is 496 g/mol. The van der Waals surface area contributed by atoms with E-state index in [4.69, 9.17) is 4.84 Å². The van der Waals surface area contributed by atoms with E-state index in [1.807, 2.05) is 6.07 Å². The Morgan fingerprint density at radius 3 is 2.58 bits per heavy atom. The highest BCUT2D eigenvalue weighted by molar-refractivity contribution is 9.10. The summed E-state index contributed by atoms with van der Waals surface area (Å²) >= 11 is 3.16. The van der Waals surface area contributed by atoms with E-state index >= 15 is 4.39 Å². The van der Waals surface area contributed by atoms with Gasteiger partial charge in [-0.25, -0.2) is 9.87 Å². The summed E-state index contributed by atoms with van der Waals surface area (Å²) in [5.74, 6) is -2.23. The number of hydrogen-bond donors (Lipinski definition) is 2. The number of anilines is 2. The molecule has 0 bridgehead atoms. The highest BCUT2D eigenvalue weighted by atomic mass is 79.9. The topological polar surface area (TPSA) is 72.4 Å². The summed E-state index contributed by atoms with van der Waals surface area (Å²) in [5.41, 5.74) is 1.46. The first-order chi connectivity index (χ1) is 15.9. The van der Waals surface area contributed by atoms with Gasteiger partial charge in [0.05, 0.1) is 30.1 Å². The van der Waals surface area contributed by atoms with Crippen LogP contribution in [0.1, 0.15) is 35.2 Å². The molecule has 1 fully saturated rings.